The summed E-state index contributed by atoms with van der Waals surface area (Å²) in [5, 5.41) is 3.35. The highest BCUT2D eigenvalue weighted by Gasteiger charge is 2.13. The van der Waals surface area contributed by atoms with Gasteiger partial charge in [-0.05, 0) is 36.7 Å². The van der Waals surface area contributed by atoms with Crippen LogP contribution in [-0.4, -0.2) is 7.05 Å². The molecule has 0 spiro atoms. The molecule has 1 unspecified atom stereocenters. The van der Waals surface area contributed by atoms with Gasteiger partial charge in [-0.15, -0.1) is 11.3 Å². The van der Waals surface area contributed by atoms with Gasteiger partial charge in [0.2, 0.25) is 0 Å². The fourth-order valence-electron chi connectivity index (χ4n) is 2.12. The first kappa shape index (κ1) is 13.6. The maximum absolute atomic E-state index is 6.01. The van der Waals surface area contributed by atoms with Gasteiger partial charge in [0.15, 0.2) is 0 Å². The Kier molecular flexibility index (Phi) is 4.81. The molecule has 1 N–H and O–H groups in total. The van der Waals surface area contributed by atoms with E-state index in [-0.39, 0.29) is 6.04 Å². The Labute approximate surface area is 118 Å². The first-order valence-electron chi connectivity index (χ1n) is 6.26. The molecule has 3 heteroatoms. The third kappa shape index (κ3) is 3.14. The molecule has 0 fully saturated rings. The van der Waals surface area contributed by atoms with Crippen LogP contribution in [0.15, 0.2) is 36.4 Å². The zero-order valence-corrected chi connectivity index (χ0v) is 12.3. The molecular formula is C15H18ClNS. The van der Waals surface area contributed by atoms with E-state index in [9.17, 15) is 0 Å². The third-order valence-corrected chi connectivity index (χ3v) is 4.31. The molecule has 1 aromatic carbocycles. The molecule has 0 aliphatic carbocycles. The van der Waals surface area contributed by atoms with Gasteiger partial charge in [0, 0.05) is 4.88 Å². The largest absolute Gasteiger partial charge is 0.309 e. The number of aryl methyl sites for hydroxylation is 1. The van der Waals surface area contributed by atoms with Gasteiger partial charge < -0.3 is 5.32 Å². The minimum atomic E-state index is 0.234. The average Bonchev–Trinajstić information content (AvgIpc) is 2.79. The highest BCUT2D eigenvalue weighted by Crippen LogP contribution is 2.30. The van der Waals surface area contributed by atoms with Crippen molar-refractivity contribution in [2.75, 3.05) is 7.05 Å². The fraction of sp³-hybridized carbons (Fsp3) is 0.333. The van der Waals surface area contributed by atoms with Crippen LogP contribution in [-0.2, 0) is 6.42 Å². The van der Waals surface area contributed by atoms with E-state index in [2.05, 4.69) is 42.6 Å². The topological polar surface area (TPSA) is 12.0 Å². The average molecular weight is 280 g/mol. The van der Waals surface area contributed by atoms with E-state index in [1.807, 2.05) is 13.1 Å². The van der Waals surface area contributed by atoms with E-state index in [1.54, 1.807) is 11.3 Å². The zero-order chi connectivity index (χ0) is 13.0. The van der Waals surface area contributed by atoms with E-state index in [1.165, 1.54) is 22.4 Å². The minimum Gasteiger partial charge on any atom is -0.309 e. The van der Waals surface area contributed by atoms with Crippen LogP contribution in [0.4, 0.5) is 0 Å². The predicted octanol–water partition coefficient (Wildman–Crippen LogP) is 4.66. The SMILES string of the molecule is CCCc1ccc(C(NC)c2ccc(Cl)s2)cc1. The number of hydrogen-bond acceptors (Lipinski definition) is 2. The lowest BCUT2D eigenvalue weighted by atomic mass is 10.0. The van der Waals surface area contributed by atoms with Gasteiger partial charge in [0.25, 0.3) is 0 Å². The summed E-state index contributed by atoms with van der Waals surface area (Å²) in [6.07, 6.45) is 2.34. The second-order valence-electron chi connectivity index (χ2n) is 4.36. The maximum atomic E-state index is 6.01. The number of thiophene rings is 1. The standard InChI is InChI=1S/C15H18ClNS/c1-3-4-11-5-7-12(8-6-11)15(17-2)13-9-10-14(16)18-13/h5-10,15,17H,3-4H2,1-2H3. The molecule has 0 aliphatic heterocycles. The van der Waals surface area contributed by atoms with E-state index < -0.39 is 0 Å². The van der Waals surface area contributed by atoms with Crippen LogP contribution in [0.2, 0.25) is 4.34 Å². The Morgan fingerprint density at radius 1 is 1.17 bits per heavy atom. The van der Waals surface area contributed by atoms with Gasteiger partial charge in [-0.3, -0.25) is 0 Å². The van der Waals surface area contributed by atoms with Crippen molar-refractivity contribution < 1.29 is 0 Å². The Morgan fingerprint density at radius 2 is 1.89 bits per heavy atom. The van der Waals surface area contributed by atoms with Crippen LogP contribution in [0.3, 0.4) is 0 Å². The van der Waals surface area contributed by atoms with E-state index >= 15 is 0 Å². The Hall–Kier alpha value is -0.830. The molecule has 2 rings (SSSR count). The first-order valence-corrected chi connectivity index (χ1v) is 7.45. The molecule has 0 bridgehead atoms. The molecule has 0 radical (unpaired) electrons. The van der Waals surface area contributed by atoms with Gasteiger partial charge in [-0.2, -0.15) is 0 Å². The molecule has 0 saturated heterocycles. The van der Waals surface area contributed by atoms with Crippen LogP contribution in [0.5, 0.6) is 0 Å². The van der Waals surface area contributed by atoms with Gasteiger partial charge >= 0.3 is 0 Å². The maximum Gasteiger partial charge on any atom is 0.0931 e. The lowest BCUT2D eigenvalue weighted by Crippen LogP contribution is -2.16. The Bertz CT molecular complexity index is 489. The van der Waals surface area contributed by atoms with Gasteiger partial charge in [0.1, 0.15) is 0 Å². The lowest BCUT2D eigenvalue weighted by Gasteiger charge is -2.15. The number of benzene rings is 1. The van der Waals surface area contributed by atoms with Crippen molar-refractivity contribution >= 4 is 22.9 Å². The molecule has 1 nitrogen and oxygen atoms in total. The second kappa shape index (κ2) is 6.37. The van der Waals surface area contributed by atoms with E-state index in [0.29, 0.717) is 0 Å². The lowest BCUT2D eigenvalue weighted by molar-refractivity contribution is 0.703. The van der Waals surface area contributed by atoms with E-state index in [4.69, 9.17) is 11.6 Å². The molecule has 1 atom stereocenters. The summed E-state index contributed by atoms with van der Waals surface area (Å²) >= 11 is 7.64. The van der Waals surface area contributed by atoms with Crippen LogP contribution in [0.1, 0.15) is 35.4 Å². The number of halogens is 1. The summed E-state index contributed by atoms with van der Waals surface area (Å²) in [5.74, 6) is 0. The van der Waals surface area contributed by atoms with Crippen molar-refractivity contribution in [1.29, 1.82) is 0 Å². The third-order valence-electron chi connectivity index (χ3n) is 3.02. The molecule has 96 valence electrons. The van der Waals surface area contributed by atoms with Crippen molar-refractivity contribution in [3.8, 4) is 0 Å². The normalized spacial score (nSPS) is 12.6. The summed E-state index contributed by atoms with van der Waals surface area (Å²) in [7, 11) is 1.98. The molecule has 0 amide bonds. The predicted molar refractivity (Wildman–Crippen MR) is 80.7 cm³/mol. The van der Waals surface area contributed by atoms with Crippen LogP contribution in [0.25, 0.3) is 0 Å². The quantitative estimate of drug-likeness (QED) is 0.839. The summed E-state index contributed by atoms with van der Waals surface area (Å²) in [6.45, 7) is 2.21. The highest BCUT2D eigenvalue weighted by atomic mass is 35.5. The summed E-state index contributed by atoms with van der Waals surface area (Å²) in [4.78, 5) is 1.26. The van der Waals surface area contributed by atoms with Gasteiger partial charge in [-0.25, -0.2) is 0 Å². The summed E-state index contributed by atoms with van der Waals surface area (Å²) in [5.41, 5.74) is 2.69. The number of hydrogen-bond donors (Lipinski definition) is 1. The number of nitrogens with one attached hydrogen (secondary N) is 1. The van der Waals surface area contributed by atoms with Crippen LogP contribution in [0, 0.1) is 0 Å². The number of rotatable bonds is 5. The van der Waals surface area contributed by atoms with Crippen molar-refractivity contribution in [3.05, 3.63) is 56.7 Å². The molecule has 0 aliphatic rings. The van der Waals surface area contributed by atoms with Crippen molar-refractivity contribution in [1.82, 2.24) is 5.32 Å². The van der Waals surface area contributed by atoms with Crippen molar-refractivity contribution in [2.45, 2.75) is 25.8 Å². The molecule has 2 aromatic rings. The van der Waals surface area contributed by atoms with Crippen molar-refractivity contribution in [2.24, 2.45) is 0 Å². The first-order chi connectivity index (χ1) is 8.74. The van der Waals surface area contributed by atoms with Gasteiger partial charge in [-0.1, -0.05) is 49.2 Å². The molecule has 1 heterocycles. The molecular weight excluding hydrogens is 262 g/mol. The second-order valence-corrected chi connectivity index (χ2v) is 6.10. The Balaban J connectivity index is 2.22. The molecule has 18 heavy (non-hydrogen) atoms. The van der Waals surface area contributed by atoms with Crippen LogP contribution >= 0.6 is 22.9 Å². The smallest absolute Gasteiger partial charge is 0.0931 e. The monoisotopic (exact) mass is 279 g/mol. The molecule has 0 saturated carbocycles. The molecule has 1 aromatic heterocycles. The van der Waals surface area contributed by atoms with E-state index in [0.717, 1.165) is 10.8 Å². The van der Waals surface area contributed by atoms with Gasteiger partial charge in [0.05, 0.1) is 10.4 Å². The summed E-state index contributed by atoms with van der Waals surface area (Å²) < 4.78 is 0.841. The zero-order valence-electron chi connectivity index (χ0n) is 10.7. The minimum absolute atomic E-state index is 0.234. The summed E-state index contributed by atoms with van der Waals surface area (Å²) in [6, 6.07) is 13.1. The highest BCUT2D eigenvalue weighted by molar-refractivity contribution is 7.16. The fourth-order valence-corrected chi connectivity index (χ4v) is 3.32. The van der Waals surface area contributed by atoms with Crippen LogP contribution < -0.4 is 5.32 Å². The van der Waals surface area contributed by atoms with Crippen molar-refractivity contribution in [3.63, 3.8) is 0 Å². The Morgan fingerprint density at radius 3 is 2.39 bits per heavy atom.